The average molecular weight is 237 g/mol. The number of ether oxygens (including phenoxy) is 1. The first-order valence-corrected chi connectivity index (χ1v) is 7.64. The first-order valence-electron chi connectivity index (χ1n) is 7.64. The zero-order valence-corrected chi connectivity index (χ0v) is 11.0. The maximum absolute atomic E-state index is 6.47. The Labute approximate surface area is 105 Å². The van der Waals surface area contributed by atoms with Gasteiger partial charge in [-0.3, -0.25) is 0 Å². The molecule has 1 unspecified atom stereocenters. The van der Waals surface area contributed by atoms with Gasteiger partial charge >= 0.3 is 0 Å². The summed E-state index contributed by atoms with van der Waals surface area (Å²) in [6, 6.07) is 0. The zero-order chi connectivity index (χ0) is 11.8. The Morgan fingerprint density at radius 1 is 0.941 bits per heavy atom. The molecule has 17 heavy (non-hydrogen) atoms. The molecular weight excluding hydrogens is 210 g/mol. The smallest absolute Gasteiger partial charge is 0.0687 e. The van der Waals surface area contributed by atoms with E-state index in [0.29, 0.717) is 17.1 Å². The molecule has 2 N–H and O–H groups in total. The van der Waals surface area contributed by atoms with E-state index >= 15 is 0 Å². The fraction of sp³-hybridized carbons (Fsp3) is 1.00. The molecule has 1 spiro atoms. The van der Waals surface area contributed by atoms with Crippen molar-refractivity contribution in [1.29, 1.82) is 0 Å². The molecule has 3 aliphatic rings. The lowest BCUT2D eigenvalue weighted by Crippen LogP contribution is -2.41. The highest BCUT2D eigenvalue weighted by Crippen LogP contribution is 2.49. The third-order valence-corrected chi connectivity index (χ3v) is 5.61. The summed E-state index contributed by atoms with van der Waals surface area (Å²) in [5.74, 6) is 0. The lowest BCUT2D eigenvalue weighted by Gasteiger charge is -2.43. The Hall–Kier alpha value is -0.0800. The van der Waals surface area contributed by atoms with Crippen molar-refractivity contribution in [2.75, 3.05) is 6.54 Å². The predicted molar refractivity (Wildman–Crippen MR) is 69.9 cm³/mol. The first-order chi connectivity index (χ1) is 8.26. The normalized spacial score (nSPS) is 34.8. The van der Waals surface area contributed by atoms with Gasteiger partial charge in [0, 0.05) is 0 Å². The van der Waals surface area contributed by atoms with Crippen molar-refractivity contribution in [3.63, 3.8) is 0 Å². The Morgan fingerprint density at radius 3 is 2.29 bits per heavy atom. The molecule has 1 saturated heterocycles. The van der Waals surface area contributed by atoms with E-state index in [1.165, 1.54) is 70.6 Å². The van der Waals surface area contributed by atoms with Crippen LogP contribution in [0, 0.1) is 5.41 Å². The molecule has 0 aromatic carbocycles. The van der Waals surface area contributed by atoms with Gasteiger partial charge in [-0.05, 0) is 56.9 Å². The molecule has 0 aromatic rings. The molecule has 0 radical (unpaired) electrons. The van der Waals surface area contributed by atoms with Crippen molar-refractivity contribution in [1.82, 2.24) is 0 Å². The van der Waals surface area contributed by atoms with Gasteiger partial charge in [0.05, 0.1) is 11.7 Å². The van der Waals surface area contributed by atoms with Crippen LogP contribution in [0.3, 0.4) is 0 Å². The summed E-state index contributed by atoms with van der Waals surface area (Å²) in [5, 5.41) is 0. The fourth-order valence-electron chi connectivity index (χ4n) is 4.25. The fourth-order valence-corrected chi connectivity index (χ4v) is 4.25. The second-order valence-electron chi connectivity index (χ2n) is 6.78. The highest BCUT2D eigenvalue weighted by atomic mass is 16.5. The molecule has 0 amide bonds. The maximum Gasteiger partial charge on any atom is 0.0687 e. The van der Waals surface area contributed by atoms with Crippen molar-refractivity contribution in [3.05, 3.63) is 0 Å². The van der Waals surface area contributed by atoms with E-state index in [4.69, 9.17) is 10.5 Å². The molecule has 3 fully saturated rings. The average Bonchev–Trinajstić information content (AvgIpc) is 2.68. The van der Waals surface area contributed by atoms with Gasteiger partial charge < -0.3 is 10.5 Å². The lowest BCUT2D eigenvalue weighted by molar-refractivity contribution is -0.0836. The van der Waals surface area contributed by atoms with Crippen molar-refractivity contribution < 1.29 is 4.74 Å². The Balaban J connectivity index is 1.56. The molecule has 98 valence electrons. The van der Waals surface area contributed by atoms with Gasteiger partial charge in [-0.2, -0.15) is 0 Å². The van der Waals surface area contributed by atoms with Crippen LogP contribution >= 0.6 is 0 Å². The molecule has 2 aliphatic carbocycles. The van der Waals surface area contributed by atoms with Crippen LogP contribution in [-0.4, -0.2) is 18.2 Å². The van der Waals surface area contributed by atoms with E-state index < -0.39 is 0 Å². The third-order valence-electron chi connectivity index (χ3n) is 5.61. The number of hydrogen-bond donors (Lipinski definition) is 1. The molecule has 1 aliphatic heterocycles. The van der Waals surface area contributed by atoms with E-state index in [-0.39, 0.29) is 0 Å². The maximum atomic E-state index is 6.47. The Morgan fingerprint density at radius 2 is 1.71 bits per heavy atom. The standard InChI is InChI=1S/C15H27NO/c16-12-14(6-4-7-14)11-13-5-10-15(17-13)8-2-1-3-9-15/h13H,1-12,16H2. The highest BCUT2D eigenvalue weighted by Gasteiger charge is 2.45. The van der Waals surface area contributed by atoms with Crippen LogP contribution in [0.5, 0.6) is 0 Å². The van der Waals surface area contributed by atoms with Gasteiger partial charge in [-0.25, -0.2) is 0 Å². The summed E-state index contributed by atoms with van der Waals surface area (Å²) < 4.78 is 6.47. The van der Waals surface area contributed by atoms with Gasteiger partial charge in [0.15, 0.2) is 0 Å². The SMILES string of the molecule is NCC1(CC2CCC3(CCCCC3)O2)CCC1. The number of rotatable bonds is 3. The Kier molecular flexibility index (Phi) is 3.20. The van der Waals surface area contributed by atoms with Gasteiger partial charge in [0.1, 0.15) is 0 Å². The topological polar surface area (TPSA) is 35.2 Å². The molecule has 0 bridgehead atoms. The predicted octanol–water partition coefficient (Wildman–Crippen LogP) is 3.39. The second kappa shape index (κ2) is 4.55. The van der Waals surface area contributed by atoms with E-state index in [1.54, 1.807) is 0 Å². The van der Waals surface area contributed by atoms with Crippen LogP contribution < -0.4 is 5.73 Å². The monoisotopic (exact) mass is 237 g/mol. The number of hydrogen-bond acceptors (Lipinski definition) is 2. The van der Waals surface area contributed by atoms with Crippen LogP contribution in [0.2, 0.25) is 0 Å². The van der Waals surface area contributed by atoms with E-state index in [2.05, 4.69) is 0 Å². The molecular formula is C15H27NO. The van der Waals surface area contributed by atoms with Crippen molar-refractivity contribution in [2.24, 2.45) is 11.1 Å². The molecule has 1 atom stereocenters. The van der Waals surface area contributed by atoms with Crippen LogP contribution in [0.25, 0.3) is 0 Å². The molecule has 2 heteroatoms. The molecule has 3 rings (SSSR count). The molecule has 1 heterocycles. The minimum Gasteiger partial charge on any atom is -0.372 e. The summed E-state index contributed by atoms with van der Waals surface area (Å²) in [4.78, 5) is 0. The summed E-state index contributed by atoms with van der Waals surface area (Å²) in [6.07, 6.45) is 15.3. The first kappa shape index (κ1) is 12.0. The van der Waals surface area contributed by atoms with Gasteiger partial charge in [-0.15, -0.1) is 0 Å². The van der Waals surface area contributed by atoms with Crippen LogP contribution in [0.4, 0.5) is 0 Å². The van der Waals surface area contributed by atoms with Crippen LogP contribution in [0.15, 0.2) is 0 Å². The van der Waals surface area contributed by atoms with E-state index in [1.807, 2.05) is 0 Å². The summed E-state index contributed by atoms with van der Waals surface area (Å²) >= 11 is 0. The van der Waals surface area contributed by atoms with Crippen LogP contribution in [-0.2, 0) is 4.74 Å². The van der Waals surface area contributed by atoms with E-state index in [0.717, 1.165) is 6.54 Å². The minimum absolute atomic E-state index is 0.294. The van der Waals surface area contributed by atoms with E-state index in [9.17, 15) is 0 Å². The second-order valence-corrected chi connectivity index (χ2v) is 6.78. The highest BCUT2D eigenvalue weighted by molar-refractivity contribution is 4.96. The summed E-state index contributed by atoms with van der Waals surface area (Å²) in [6.45, 7) is 0.875. The van der Waals surface area contributed by atoms with Gasteiger partial charge in [0.25, 0.3) is 0 Å². The Bertz CT molecular complexity index is 261. The van der Waals surface area contributed by atoms with Crippen molar-refractivity contribution >= 4 is 0 Å². The number of nitrogens with two attached hydrogens (primary N) is 1. The van der Waals surface area contributed by atoms with Gasteiger partial charge in [0.2, 0.25) is 0 Å². The van der Waals surface area contributed by atoms with Crippen molar-refractivity contribution in [3.8, 4) is 0 Å². The quantitative estimate of drug-likeness (QED) is 0.816. The molecule has 2 nitrogen and oxygen atoms in total. The largest absolute Gasteiger partial charge is 0.372 e. The zero-order valence-electron chi connectivity index (χ0n) is 11.0. The lowest BCUT2D eigenvalue weighted by atomic mass is 9.65. The van der Waals surface area contributed by atoms with Crippen LogP contribution in [0.1, 0.15) is 70.6 Å². The summed E-state index contributed by atoms with van der Waals surface area (Å²) in [5.41, 5.74) is 6.72. The van der Waals surface area contributed by atoms with Gasteiger partial charge in [-0.1, -0.05) is 25.7 Å². The van der Waals surface area contributed by atoms with Crippen molar-refractivity contribution in [2.45, 2.75) is 82.3 Å². The summed E-state index contributed by atoms with van der Waals surface area (Å²) in [7, 11) is 0. The molecule has 2 saturated carbocycles. The minimum atomic E-state index is 0.294. The third kappa shape index (κ3) is 2.26. The molecule has 0 aromatic heterocycles.